The Morgan fingerprint density at radius 1 is 0.950 bits per heavy atom. The van der Waals surface area contributed by atoms with E-state index in [1.54, 1.807) is 0 Å². The van der Waals surface area contributed by atoms with Crippen LogP contribution < -0.4 is 5.73 Å². The van der Waals surface area contributed by atoms with Crippen LogP contribution in [0.2, 0.25) is 0 Å². The molecule has 1 rings (SSSR count). The van der Waals surface area contributed by atoms with Gasteiger partial charge in [0.15, 0.2) is 0 Å². The van der Waals surface area contributed by atoms with Gasteiger partial charge in [0.1, 0.15) is 0 Å². The summed E-state index contributed by atoms with van der Waals surface area (Å²) in [5, 5.41) is 0. The molecule has 0 atom stereocenters. The molecule has 1 aromatic carbocycles. The second kappa shape index (κ2) is 13.6. The van der Waals surface area contributed by atoms with Gasteiger partial charge in [-0.3, -0.25) is 0 Å². The maximum atomic E-state index is 5.73. The Balaban J connectivity index is 0.000000441. The van der Waals surface area contributed by atoms with E-state index in [1.165, 1.54) is 25.7 Å². The first kappa shape index (κ1) is 18.1. The van der Waals surface area contributed by atoms with Gasteiger partial charge in [0.2, 0.25) is 0 Å². The second-order valence-electron chi connectivity index (χ2n) is 4.52. The Labute approximate surface area is 125 Å². The first-order chi connectivity index (χ1) is 9.76. The fourth-order valence-electron chi connectivity index (χ4n) is 1.42. The summed E-state index contributed by atoms with van der Waals surface area (Å²) >= 11 is 0. The van der Waals surface area contributed by atoms with Gasteiger partial charge in [0, 0.05) is 24.1 Å². The lowest BCUT2D eigenvalue weighted by atomic mass is 10.2. The standard InChI is InChI=1S/C12H15N.C7H12/c1-2-3-4-5-8-11-9-6-7-10-12(11)13;1-3-5-7-6-4-2/h6-7,9-10H,2-4,13H2,1H3;3,5,7H2,1-2H3. The Morgan fingerprint density at radius 3 is 2.10 bits per heavy atom. The number of rotatable bonds is 4. The summed E-state index contributed by atoms with van der Waals surface area (Å²) in [6.45, 7) is 6.23. The summed E-state index contributed by atoms with van der Waals surface area (Å²) in [5.74, 6) is 12.0. The summed E-state index contributed by atoms with van der Waals surface area (Å²) < 4.78 is 0. The molecule has 0 aliphatic heterocycles. The highest BCUT2D eigenvalue weighted by Gasteiger charge is 1.90. The number of nitrogens with two attached hydrogens (primary N) is 1. The lowest BCUT2D eigenvalue weighted by molar-refractivity contribution is 0.828. The SMILES string of the molecule is CC#CCCCC.CCCCC#Cc1ccccc1N. The minimum atomic E-state index is 0.770. The van der Waals surface area contributed by atoms with Crippen molar-refractivity contribution in [2.45, 2.75) is 59.3 Å². The summed E-state index contributed by atoms with van der Waals surface area (Å²) in [4.78, 5) is 0. The zero-order chi connectivity index (χ0) is 15.1. The number of nitrogen functional groups attached to an aromatic ring is 1. The molecule has 108 valence electrons. The average Bonchev–Trinajstić information content (AvgIpc) is 2.47. The summed E-state index contributed by atoms with van der Waals surface area (Å²) in [5.41, 5.74) is 7.45. The van der Waals surface area contributed by atoms with Gasteiger partial charge >= 0.3 is 0 Å². The number of para-hydroxylation sites is 1. The van der Waals surface area contributed by atoms with Crippen LogP contribution in [-0.4, -0.2) is 0 Å². The lowest BCUT2D eigenvalue weighted by Gasteiger charge is -1.94. The monoisotopic (exact) mass is 269 g/mol. The normalized spacial score (nSPS) is 8.35. The van der Waals surface area contributed by atoms with Crippen molar-refractivity contribution in [1.82, 2.24) is 0 Å². The molecule has 20 heavy (non-hydrogen) atoms. The molecule has 0 heterocycles. The molecule has 0 aromatic heterocycles. The van der Waals surface area contributed by atoms with E-state index in [2.05, 4.69) is 37.5 Å². The van der Waals surface area contributed by atoms with Crippen LogP contribution >= 0.6 is 0 Å². The van der Waals surface area contributed by atoms with E-state index < -0.39 is 0 Å². The highest BCUT2D eigenvalue weighted by Crippen LogP contribution is 2.08. The Hall–Kier alpha value is -1.86. The Kier molecular flexibility index (Phi) is 12.3. The molecule has 0 aliphatic rings. The van der Waals surface area contributed by atoms with Gasteiger partial charge in [-0.15, -0.1) is 11.8 Å². The third kappa shape index (κ3) is 10.1. The molecular weight excluding hydrogens is 242 g/mol. The van der Waals surface area contributed by atoms with Crippen molar-refractivity contribution < 1.29 is 0 Å². The molecule has 1 heteroatoms. The van der Waals surface area contributed by atoms with E-state index in [4.69, 9.17) is 5.73 Å². The Morgan fingerprint density at radius 2 is 1.55 bits per heavy atom. The maximum Gasteiger partial charge on any atom is 0.0474 e. The minimum Gasteiger partial charge on any atom is -0.398 e. The quantitative estimate of drug-likeness (QED) is 0.464. The van der Waals surface area contributed by atoms with Crippen LogP contribution in [0.4, 0.5) is 5.69 Å². The molecule has 2 N–H and O–H groups in total. The first-order valence-corrected chi connectivity index (χ1v) is 7.49. The van der Waals surface area contributed by atoms with Crippen LogP contribution in [-0.2, 0) is 0 Å². The molecule has 0 radical (unpaired) electrons. The van der Waals surface area contributed by atoms with Crippen LogP contribution in [0.25, 0.3) is 0 Å². The number of benzene rings is 1. The number of unbranched alkanes of at least 4 members (excludes halogenated alkanes) is 4. The Bertz CT molecular complexity index is 466. The zero-order valence-corrected chi connectivity index (χ0v) is 13.1. The molecule has 0 spiro atoms. The van der Waals surface area contributed by atoms with Crippen molar-refractivity contribution in [2.75, 3.05) is 5.73 Å². The molecule has 0 amide bonds. The third-order valence-electron chi connectivity index (χ3n) is 2.67. The maximum absolute atomic E-state index is 5.73. The molecule has 1 aromatic rings. The van der Waals surface area contributed by atoms with Gasteiger partial charge in [0.25, 0.3) is 0 Å². The molecular formula is C19H27N. The fraction of sp³-hybridized carbons (Fsp3) is 0.474. The molecule has 1 nitrogen and oxygen atoms in total. The van der Waals surface area contributed by atoms with E-state index in [0.29, 0.717) is 0 Å². The van der Waals surface area contributed by atoms with Gasteiger partial charge < -0.3 is 5.73 Å². The smallest absolute Gasteiger partial charge is 0.0474 e. The van der Waals surface area contributed by atoms with Crippen molar-refractivity contribution >= 4 is 5.69 Å². The molecule has 0 unspecified atom stereocenters. The highest BCUT2D eigenvalue weighted by atomic mass is 14.5. The van der Waals surface area contributed by atoms with Gasteiger partial charge in [-0.25, -0.2) is 0 Å². The zero-order valence-electron chi connectivity index (χ0n) is 13.1. The van der Waals surface area contributed by atoms with Crippen molar-refractivity contribution in [3.63, 3.8) is 0 Å². The largest absolute Gasteiger partial charge is 0.398 e. The van der Waals surface area contributed by atoms with E-state index in [0.717, 1.165) is 24.1 Å². The molecule has 0 saturated carbocycles. The lowest BCUT2D eigenvalue weighted by Crippen LogP contribution is -1.88. The van der Waals surface area contributed by atoms with Crippen molar-refractivity contribution in [3.8, 4) is 23.7 Å². The second-order valence-corrected chi connectivity index (χ2v) is 4.52. The van der Waals surface area contributed by atoms with Gasteiger partial charge in [-0.2, -0.15) is 0 Å². The van der Waals surface area contributed by atoms with Gasteiger partial charge in [-0.05, 0) is 31.9 Å². The summed E-state index contributed by atoms with van der Waals surface area (Å²) in [6, 6.07) is 7.71. The molecule has 0 fully saturated rings. The van der Waals surface area contributed by atoms with Crippen LogP contribution in [0.15, 0.2) is 24.3 Å². The number of hydrogen-bond donors (Lipinski definition) is 1. The van der Waals surface area contributed by atoms with Crippen LogP contribution in [0.1, 0.15) is 64.9 Å². The van der Waals surface area contributed by atoms with E-state index in [1.807, 2.05) is 31.2 Å². The highest BCUT2D eigenvalue weighted by molar-refractivity contribution is 5.55. The fourth-order valence-corrected chi connectivity index (χ4v) is 1.42. The molecule has 0 bridgehead atoms. The predicted octanol–water partition coefficient (Wildman–Crippen LogP) is 5.01. The number of hydrogen-bond acceptors (Lipinski definition) is 1. The van der Waals surface area contributed by atoms with Crippen molar-refractivity contribution in [1.29, 1.82) is 0 Å². The minimum absolute atomic E-state index is 0.770. The van der Waals surface area contributed by atoms with Gasteiger partial charge in [0.05, 0.1) is 0 Å². The molecule has 0 aliphatic carbocycles. The summed E-state index contributed by atoms with van der Waals surface area (Å²) in [6.07, 6.45) is 6.91. The summed E-state index contributed by atoms with van der Waals surface area (Å²) in [7, 11) is 0. The van der Waals surface area contributed by atoms with Crippen LogP contribution in [0.3, 0.4) is 0 Å². The predicted molar refractivity (Wildman–Crippen MR) is 90.2 cm³/mol. The molecule has 0 saturated heterocycles. The van der Waals surface area contributed by atoms with E-state index in [-0.39, 0.29) is 0 Å². The number of anilines is 1. The first-order valence-electron chi connectivity index (χ1n) is 7.49. The van der Waals surface area contributed by atoms with Gasteiger partial charge in [-0.1, -0.05) is 50.7 Å². The van der Waals surface area contributed by atoms with E-state index >= 15 is 0 Å². The van der Waals surface area contributed by atoms with Crippen LogP contribution in [0, 0.1) is 23.7 Å². The van der Waals surface area contributed by atoms with E-state index in [9.17, 15) is 0 Å². The topological polar surface area (TPSA) is 26.0 Å². The van der Waals surface area contributed by atoms with Crippen molar-refractivity contribution in [3.05, 3.63) is 29.8 Å². The average molecular weight is 269 g/mol. The third-order valence-corrected chi connectivity index (χ3v) is 2.67. The van der Waals surface area contributed by atoms with Crippen molar-refractivity contribution in [2.24, 2.45) is 0 Å². The van der Waals surface area contributed by atoms with Crippen LogP contribution in [0.5, 0.6) is 0 Å².